The van der Waals surface area contributed by atoms with Crippen LogP contribution in [-0.4, -0.2) is 47.4 Å². The summed E-state index contributed by atoms with van der Waals surface area (Å²) in [7, 11) is 0. The number of aromatic nitrogens is 1. The lowest BCUT2D eigenvalue weighted by Gasteiger charge is -2.18. The van der Waals surface area contributed by atoms with Crippen molar-refractivity contribution in [1.82, 2.24) is 15.6 Å². The molecule has 0 unspecified atom stereocenters. The first-order chi connectivity index (χ1) is 9.16. The predicted molar refractivity (Wildman–Crippen MR) is 69.3 cm³/mol. The van der Waals surface area contributed by atoms with Crippen molar-refractivity contribution in [3.8, 4) is 0 Å². The van der Waals surface area contributed by atoms with Crippen molar-refractivity contribution in [2.75, 3.05) is 13.2 Å². The molecular formula is C13H19N3O3. The standard InChI is InChI=1S/C13H19N3O3/c1-9(17)15-7-12-13(18)11(8-19-12)16-6-10-4-2-3-5-14-10/h2-5,11-13,16,18H,6-8H2,1H3,(H,15,17)/t11-,12-,13+/m1/s1. The monoisotopic (exact) mass is 265 g/mol. The Morgan fingerprint density at radius 3 is 3.11 bits per heavy atom. The highest BCUT2D eigenvalue weighted by molar-refractivity contribution is 5.72. The van der Waals surface area contributed by atoms with E-state index in [1.54, 1.807) is 6.20 Å². The van der Waals surface area contributed by atoms with E-state index < -0.39 is 6.10 Å². The van der Waals surface area contributed by atoms with Crippen LogP contribution in [0.3, 0.4) is 0 Å². The van der Waals surface area contributed by atoms with E-state index in [4.69, 9.17) is 4.74 Å². The van der Waals surface area contributed by atoms with Crippen LogP contribution in [0.15, 0.2) is 24.4 Å². The summed E-state index contributed by atoms with van der Waals surface area (Å²) in [6.07, 6.45) is 0.749. The van der Waals surface area contributed by atoms with Gasteiger partial charge in [-0.25, -0.2) is 0 Å². The molecule has 1 saturated heterocycles. The minimum absolute atomic E-state index is 0.124. The third kappa shape index (κ3) is 3.99. The molecule has 19 heavy (non-hydrogen) atoms. The fourth-order valence-electron chi connectivity index (χ4n) is 2.03. The van der Waals surface area contributed by atoms with Crippen molar-refractivity contribution in [3.05, 3.63) is 30.1 Å². The van der Waals surface area contributed by atoms with Gasteiger partial charge in [0, 0.05) is 26.2 Å². The van der Waals surface area contributed by atoms with Crippen LogP contribution in [0.1, 0.15) is 12.6 Å². The van der Waals surface area contributed by atoms with Gasteiger partial charge in [-0.15, -0.1) is 0 Å². The Morgan fingerprint density at radius 1 is 1.58 bits per heavy atom. The van der Waals surface area contributed by atoms with Crippen LogP contribution in [-0.2, 0) is 16.1 Å². The van der Waals surface area contributed by atoms with Gasteiger partial charge < -0.3 is 20.5 Å². The van der Waals surface area contributed by atoms with E-state index >= 15 is 0 Å². The summed E-state index contributed by atoms with van der Waals surface area (Å²) in [6.45, 7) is 2.79. The molecule has 6 nitrogen and oxygen atoms in total. The highest BCUT2D eigenvalue weighted by Crippen LogP contribution is 2.14. The normalized spacial score (nSPS) is 26.3. The van der Waals surface area contributed by atoms with Crippen molar-refractivity contribution >= 4 is 5.91 Å². The van der Waals surface area contributed by atoms with Gasteiger partial charge in [-0.3, -0.25) is 9.78 Å². The number of aliphatic hydroxyl groups excluding tert-OH is 1. The smallest absolute Gasteiger partial charge is 0.216 e. The number of carbonyl (C=O) groups is 1. The number of amides is 1. The maximum Gasteiger partial charge on any atom is 0.216 e. The molecule has 2 heterocycles. The first kappa shape index (κ1) is 13.9. The number of hydrogen-bond donors (Lipinski definition) is 3. The molecule has 1 aliphatic heterocycles. The molecule has 6 heteroatoms. The predicted octanol–water partition coefficient (Wildman–Crippen LogP) is -0.564. The van der Waals surface area contributed by atoms with Crippen molar-refractivity contribution < 1.29 is 14.6 Å². The van der Waals surface area contributed by atoms with E-state index in [2.05, 4.69) is 15.6 Å². The summed E-state index contributed by atoms with van der Waals surface area (Å²) < 4.78 is 5.47. The fraction of sp³-hybridized carbons (Fsp3) is 0.538. The van der Waals surface area contributed by atoms with Gasteiger partial charge in [0.15, 0.2) is 0 Å². The zero-order valence-electron chi connectivity index (χ0n) is 10.9. The Labute approximate surface area is 112 Å². The lowest BCUT2D eigenvalue weighted by molar-refractivity contribution is -0.119. The van der Waals surface area contributed by atoms with E-state index in [9.17, 15) is 9.90 Å². The Morgan fingerprint density at radius 2 is 2.42 bits per heavy atom. The molecule has 1 aromatic rings. The summed E-state index contributed by atoms with van der Waals surface area (Å²) in [6, 6.07) is 5.57. The van der Waals surface area contributed by atoms with E-state index in [0.717, 1.165) is 5.69 Å². The summed E-state index contributed by atoms with van der Waals surface area (Å²) in [5.74, 6) is -0.124. The summed E-state index contributed by atoms with van der Waals surface area (Å²) in [4.78, 5) is 15.0. The fourth-order valence-corrected chi connectivity index (χ4v) is 2.03. The van der Waals surface area contributed by atoms with Gasteiger partial charge >= 0.3 is 0 Å². The summed E-state index contributed by atoms with van der Waals surface area (Å²) in [5.41, 5.74) is 0.917. The minimum Gasteiger partial charge on any atom is -0.389 e. The number of rotatable bonds is 5. The van der Waals surface area contributed by atoms with E-state index in [0.29, 0.717) is 19.7 Å². The second-order valence-electron chi connectivity index (χ2n) is 4.61. The first-order valence-electron chi connectivity index (χ1n) is 6.34. The van der Waals surface area contributed by atoms with Crippen LogP contribution < -0.4 is 10.6 Å². The van der Waals surface area contributed by atoms with Crippen molar-refractivity contribution in [1.29, 1.82) is 0 Å². The number of hydrogen-bond acceptors (Lipinski definition) is 5. The van der Waals surface area contributed by atoms with Crippen LogP contribution in [0.25, 0.3) is 0 Å². The molecule has 0 aliphatic carbocycles. The van der Waals surface area contributed by atoms with Gasteiger partial charge in [-0.1, -0.05) is 6.07 Å². The molecule has 1 amide bonds. The number of ether oxygens (including phenoxy) is 1. The van der Waals surface area contributed by atoms with Crippen LogP contribution >= 0.6 is 0 Å². The maximum absolute atomic E-state index is 10.8. The summed E-state index contributed by atoms with van der Waals surface area (Å²) >= 11 is 0. The average Bonchev–Trinajstić information content (AvgIpc) is 2.76. The van der Waals surface area contributed by atoms with E-state index in [1.165, 1.54) is 6.92 Å². The average molecular weight is 265 g/mol. The molecule has 2 rings (SSSR count). The SMILES string of the molecule is CC(=O)NC[C@H]1OC[C@@H](NCc2ccccn2)[C@@H]1O. The van der Waals surface area contributed by atoms with Gasteiger partial charge in [-0.2, -0.15) is 0 Å². The second kappa shape index (κ2) is 6.60. The third-order valence-electron chi connectivity index (χ3n) is 3.11. The molecule has 1 fully saturated rings. The molecule has 3 N–H and O–H groups in total. The highest BCUT2D eigenvalue weighted by atomic mass is 16.5. The third-order valence-corrected chi connectivity index (χ3v) is 3.11. The van der Waals surface area contributed by atoms with Gasteiger partial charge in [0.2, 0.25) is 5.91 Å². The second-order valence-corrected chi connectivity index (χ2v) is 4.61. The Kier molecular flexibility index (Phi) is 4.84. The molecule has 0 saturated carbocycles. The lowest BCUT2D eigenvalue weighted by Crippen LogP contribution is -2.44. The molecule has 0 aromatic carbocycles. The number of aliphatic hydroxyl groups is 1. The number of pyridine rings is 1. The Balaban J connectivity index is 1.78. The van der Waals surface area contributed by atoms with Gasteiger partial charge in [0.25, 0.3) is 0 Å². The van der Waals surface area contributed by atoms with Gasteiger partial charge in [0.1, 0.15) is 6.10 Å². The molecule has 0 bridgehead atoms. The minimum atomic E-state index is -0.629. The quantitative estimate of drug-likeness (QED) is 0.664. The number of nitrogens with zero attached hydrogens (tertiary/aromatic N) is 1. The lowest BCUT2D eigenvalue weighted by atomic mass is 10.1. The number of carbonyl (C=O) groups excluding carboxylic acids is 1. The molecule has 104 valence electrons. The van der Waals surface area contributed by atoms with Crippen LogP contribution in [0.2, 0.25) is 0 Å². The first-order valence-corrected chi connectivity index (χ1v) is 6.34. The summed E-state index contributed by atoms with van der Waals surface area (Å²) in [5, 5.41) is 15.9. The molecular weight excluding hydrogens is 246 g/mol. The highest BCUT2D eigenvalue weighted by Gasteiger charge is 2.35. The van der Waals surface area contributed by atoms with Crippen molar-refractivity contribution in [2.45, 2.75) is 31.7 Å². The zero-order chi connectivity index (χ0) is 13.7. The van der Waals surface area contributed by atoms with Crippen molar-refractivity contribution in [2.24, 2.45) is 0 Å². The van der Waals surface area contributed by atoms with E-state index in [1.807, 2.05) is 18.2 Å². The van der Waals surface area contributed by atoms with Crippen LogP contribution in [0, 0.1) is 0 Å². The van der Waals surface area contributed by atoms with Crippen LogP contribution in [0.5, 0.6) is 0 Å². The van der Waals surface area contributed by atoms with Gasteiger partial charge in [-0.05, 0) is 12.1 Å². The molecule has 0 spiro atoms. The zero-order valence-corrected chi connectivity index (χ0v) is 10.9. The molecule has 1 aliphatic rings. The Bertz CT molecular complexity index is 413. The largest absolute Gasteiger partial charge is 0.389 e. The molecule has 0 radical (unpaired) electrons. The van der Waals surface area contributed by atoms with Gasteiger partial charge in [0.05, 0.1) is 24.4 Å². The maximum atomic E-state index is 10.8. The van der Waals surface area contributed by atoms with E-state index in [-0.39, 0.29) is 18.1 Å². The Hall–Kier alpha value is -1.50. The topological polar surface area (TPSA) is 83.5 Å². The van der Waals surface area contributed by atoms with Crippen molar-refractivity contribution in [3.63, 3.8) is 0 Å². The molecule has 3 atom stereocenters. The molecule has 1 aromatic heterocycles. The van der Waals surface area contributed by atoms with Crippen LogP contribution in [0.4, 0.5) is 0 Å². The number of nitrogens with one attached hydrogen (secondary N) is 2.